The number of aromatic hydroxyl groups is 1. The summed E-state index contributed by atoms with van der Waals surface area (Å²) in [5, 5.41) is 9.91. The van der Waals surface area contributed by atoms with Crippen molar-refractivity contribution in [3.63, 3.8) is 0 Å². The van der Waals surface area contributed by atoms with E-state index in [1.807, 2.05) is 0 Å². The number of phenolic OH excluding ortho intramolecular Hbond substituents is 1. The number of benzene rings is 2. The summed E-state index contributed by atoms with van der Waals surface area (Å²) in [7, 11) is 0. The van der Waals surface area contributed by atoms with Gasteiger partial charge in [-0.25, -0.2) is 4.39 Å². The van der Waals surface area contributed by atoms with Gasteiger partial charge in [0, 0.05) is 12.5 Å². The van der Waals surface area contributed by atoms with Gasteiger partial charge in [-0.1, -0.05) is 18.2 Å². The van der Waals surface area contributed by atoms with E-state index in [2.05, 4.69) is 0 Å². The van der Waals surface area contributed by atoms with Gasteiger partial charge in [0.2, 0.25) is 0 Å². The fourth-order valence-corrected chi connectivity index (χ4v) is 2.48. The number of hydrogen-bond acceptors (Lipinski definition) is 3. The summed E-state index contributed by atoms with van der Waals surface area (Å²) in [6, 6.07) is 12.6. The molecule has 1 N–H and O–H groups in total. The van der Waals surface area contributed by atoms with E-state index >= 15 is 0 Å². The Balaban J connectivity index is 1.74. The van der Waals surface area contributed by atoms with Gasteiger partial charge in [0.15, 0.2) is 5.43 Å². The lowest BCUT2D eigenvalue weighted by Crippen LogP contribution is -2.03. The molecule has 3 nitrogen and oxygen atoms in total. The molecule has 0 unspecified atom stereocenters. The first-order valence-corrected chi connectivity index (χ1v) is 7.12. The highest BCUT2D eigenvalue weighted by molar-refractivity contribution is 5.82. The monoisotopic (exact) mass is 298 g/mol. The van der Waals surface area contributed by atoms with Crippen LogP contribution in [0.2, 0.25) is 0 Å². The highest BCUT2D eigenvalue weighted by atomic mass is 19.1. The maximum atomic E-state index is 12.8. The molecule has 4 heteroatoms. The van der Waals surface area contributed by atoms with Crippen LogP contribution in [0, 0.1) is 5.82 Å². The van der Waals surface area contributed by atoms with Crippen LogP contribution < -0.4 is 5.43 Å². The van der Waals surface area contributed by atoms with Crippen molar-refractivity contribution in [3.05, 3.63) is 75.9 Å². The SMILES string of the molecule is O=c1cc(CCCc2ccc(F)cc2)oc2cccc(O)c12. The lowest BCUT2D eigenvalue weighted by molar-refractivity contribution is 0.477. The van der Waals surface area contributed by atoms with Crippen molar-refractivity contribution in [1.29, 1.82) is 0 Å². The van der Waals surface area contributed by atoms with Crippen molar-refractivity contribution < 1.29 is 13.9 Å². The van der Waals surface area contributed by atoms with Crippen molar-refractivity contribution in [1.82, 2.24) is 0 Å². The summed E-state index contributed by atoms with van der Waals surface area (Å²) in [6.07, 6.45) is 2.18. The van der Waals surface area contributed by atoms with E-state index in [1.165, 1.54) is 24.3 Å². The Bertz CT molecular complexity index is 850. The third-order valence-electron chi connectivity index (χ3n) is 3.59. The first-order valence-electron chi connectivity index (χ1n) is 7.12. The molecule has 22 heavy (non-hydrogen) atoms. The molecule has 0 radical (unpaired) electrons. The average molecular weight is 298 g/mol. The van der Waals surface area contributed by atoms with Gasteiger partial charge >= 0.3 is 0 Å². The zero-order valence-electron chi connectivity index (χ0n) is 11.9. The van der Waals surface area contributed by atoms with E-state index < -0.39 is 0 Å². The highest BCUT2D eigenvalue weighted by Gasteiger charge is 2.08. The molecule has 1 aromatic heterocycles. The summed E-state index contributed by atoms with van der Waals surface area (Å²) in [6.45, 7) is 0. The number of phenols is 1. The van der Waals surface area contributed by atoms with Crippen LogP contribution in [0.4, 0.5) is 4.39 Å². The fourth-order valence-electron chi connectivity index (χ4n) is 2.48. The molecule has 0 aliphatic carbocycles. The lowest BCUT2D eigenvalue weighted by atomic mass is 10.1. The van der Waals surface area contributed by atoms with E-state index in [1.54, 1.807) is 24.3 Å². The van der Waals surface area contributed by atoms with E-state index in [0.717, 1.165) is 18.4 Å². The molecule has 0 bridgehead atoms. The van der Waals surface area contributed by atoms with Crippen LogP contribution >= 0.6 is 0 Å². The van der Waals surface area contributed by atoms with Crippen molar-refractivity contribution >= 4 is 11.0 Å². The van der Waals surface area contributed by atoms with Crippen LogP contribution in [0.5, 0.6) is 5.75 Å². The zero-order valence-corrected chi connectivity index (χ0v) is 11.9. The third-order valence-corrected chi connectivity index (χ3v) is 3.59. The topological polar surface area (TPSA) is 50.4 Å². The third kappa shape index (κ3) is 3.01. The van der Waals surface area contributed by atoms with Gasteiger partial charge < -0.3 is 9.52 Å². The zero-order chi connectivity index (χ0) is 15.5. The predicted octanol–water partition coefficient (Wildman–Crippen LogP) is 3.81. The maximum Gasteiger partial charge on any atom is 0.196 e. The maximum absolute atomic E-state index is 12.8. The first-order chi connectivity index (χ1) is 10.6. The molecule has 0 amide bonds. The van der Waals surface area contributed by atoms with Crippen LogP contribution in [0.3, 0.4) is 0 Å². The molecule has 0 fully saturated rings. The minimum Gasteiger partial charge on any atom is -0.507 e. The molecule has 1 heterocycles. The Hall–Kier alpha value is -2.62. The molecule has 0 aliphatic rings. The fraction of sp³-hybridized carbons (Fsp3) is 0.167. The second-order valence-electron chi connectivity index (χ2n) is 5.21. The Morgan fingerprint density at radius 2 is 1.82 bits per heavy atom. The van der Waals surface area contributed by atoms with Gasteiger partial charge in [-0.15, -0.1) is 0 Å². The van der Waals surface area contributed by atoms with Crippen molar-refractivity contribution in [3.8, 4) is 5.75 Å². The molecule has 0 aliphatic heterocycles. The molecule has 112 valence electrons. The lowest BCUT2D eigenvalue weighted by Gasteiger charge is -2.04. The Labute approximate surface area is 126 Å². The second-order valence-corrected chi connectivity index (χ2v) is 5.21. The number of aryl methyl sites for hydroxylation is 2. The van der Waals surface area contributed by atoms with Gasteiger partial charge in [0.05, 0.1) is 0 Å². The normalized spacial score (nSPS) is 11.0. The Morgan fingerprint density at radius 1 is 1.05 bits per heavy atom. The van der Waals surface area contributed by atoms with Crippen molar-refractivity contribution in [2.45, 2.75) is 19.3 Å². The second kappa shape index (κ2) is 6.02. The Kier molecular flexibility index (Phi) is 3.92. The van der Waals surface area contributed by atoms with E-state index in [-0.39, 0.29) is 22.4 Å². The molecule has 3 rings (SSSR count). The summed E-state index contributed by atoms with van der Waals surface area (Å²) in [4.78, 5) is 12.0. The molecular weight excluding hydrogens is 283 g/mol. The van der Waals surface area contributed by atoms with E-state index in [4.69, 9.17) is 4.42 Å². The first kappa shape index (κ1) is 14.3. The summed E-state index contributed by atoms with van der Waals surface area (Å²) in [5.41, 5.74) is 1.20. The standard InChI is InChI=1S/C18H15FO3/c19-13-9-7-12(8-10-13)3-1-4-14-11-16(21)18-15(20)5-2-6-17(18)22-14/h2,5-11,20H,1,3-4H2. The van der Waals surface area contributed by atoms with Crippen LogP contribution in [0.25, 0.3) is 11.0 Å². The van der Waals surface area contributed by atoms with Crippen molar-refractivity contribution in [2.24, 2.45) is 0 Å². The van der Waals surface area contributed by atoms with E-state index in [9.17, 15) is 14.3 Å². The number of hydrogen-bond donors (Lipinski definition) is 1. The van der Waals surface area contributed by atoms with Gasteiger partial charge in [-0.3, -0.25) is 4.79 Å². The quantitative estimate of drug-likeness (QED) is 0.796. The highest BCUT2D eigenvalue weighted by Crippen LogP contribution is 2.22. The predicted molar refractivity (Wildman–Crippen MR) is 82.6 cm³/mol. The van der Waals surface area contributed by atoms with Gasteiger partial charge in [0.25, 0.3) is 0 Å². The van der Waals surface area contributed by atoms with Crippen LogP contribution in [-0.4, -0.2) is 5.11 Å². The number of halogens is 1. The summed E-state index contributed by atoms with van der Waals surface area (Å²) < 4.78 is 18.5. The van der Waals surface area contributed by atoms with E-state index in [0.29, 0.717) is 17.8 Å². The largest absolute Gasteiger partial charge is 0.507 e. The van der Waals surface area contributed by atoms with Crippen molar-refractivity contribution in [2.75, 3.05) is 0 Å². The molecule has 0 saturated carbocycles. The van der Waals surface area contributed by atoms with Crippen LogP contribution in [0.1, 0.15) is 17.7 Å². The number of fused-ring (bicyclic) bond motifs is 1. The molecular formula is C18H15FO3. The molecule has 0 saturated heterocycles. The summed E-state index contributed by atoms with van der Waals surface area (Å²) >= 11 is 0. The summed E-state index contributed by atoms with van der Waals surface area (Å²) in [5.74, 6) is 0.276. The van der Waals surface area contributed by atoms with Gasteiger partial charge in [-0.2, -0.15) is 0 Å². The minimum absolute atomic E-state index is 0.0656. The molecule has 3 aromatic rings. The molecule has 0 spiro atoms. The van der Waals surface area contributed by atoms with Gasteiger partial charge in [-0.05, 0) is 42.7 Å². The Morgan fingerprint density at radius 3 is 2.59 bits per heavy atom. The molecule has 2 aromatic carbocycles. The number of rotatable bonds is 4. The van der Waals surface area contributed by atoms with Crippen LogP contribution in [0.15, 0.2) is 57.7 Å². The average Bonchev–Trinajstić information content (AvgIpc) is 2.49. The van der Waals surface area contributed by atoms with Crippen LogP contribution in [-0.2, 0) is 12.8 Å². The minimum atomic E-state index is -0.246. The smallest absolute Gasteiger partial charge is 0.196 e. The molecule has 0 atom stereocenters. The van der Waals surface area contributed by atoms with Gasteiger partial charge in [0.1, 0.15) is 28.3 Å².